The molecule has 1 saturated carbocycles. The highest BCUT2D eigenvalue weighted by Crippen LogP contribution is 2.47. The van der Waals surface area contributed by atoms with Crippen molar-refractivity contribution >= 4 is 17.2 Å². The summed E-state index contributed by atoms with van der Waals surface area (Å²) in [5.41, 5.74) is 0.356. The number of nitrogens with one attached hydrogen (secondary N) is 1. The van der Waals surface area contributed by atoms with E-state index in [1.165, 1.54) is 22.6 Å². The molecule has 2 aliphatic rings. The van der Waals surface area contributed by atoms with E-state index in [0.29, 0.717) is 17.2 Å². The van der Waals surface area contributed by atoms with Gasteiger partial charge in [-0.05, 0) is 49.7 Å². The predicted molar refractivity (Wildman–Crippen MR) is 87.2 cm³/mol. The first kappa shape index (κ1) is 15.0. The first-order chi connectivity index (χ1) is 9.88. The summed E-state index contributed by atoms with van der Waals surface area (Å²) >= 11 is 1.80. The summed E-state index contributed by atoms with van der Waals surface area (Å²) in [6.45, 7) is 9.69. The van der Waals surface area contributed by atoms with Crippen molar-refractivity contribution < 1.29 is 4.79 Å². The summed E-state index contributed by atoms with van der Waals surface area (Å²) < 4.78 is 0. The van der Waals surface area contributed by atoms with Crippen molar-refractivity contribution in [1.29, 1.82) is 0 Å². The molecule has 21 heavy (non-hydrogen) atoms. The lowest BCUT2D eigenvalue weighted by Gasteiger charge is -2.26. The number of hydrogen-bond acceptors (Lipinski definition) is 3. The fourth-order valence-electron chi connectivity index (χ4n) is 3.11. The second-order valence-electron chi connectivity index (χ2n) is 7.48. The van der Waals surface area contributed by atoms with Crippen molar-refractivity contribution in [2.24, 2.45) is 11.3 Å². The maximum absolute atomic E-state index is 12.8. The Bertz CT molecular complexity index is 533. The topological polar surface area (TPSA) is 32.3 Å². The second-order valence-corrected chi connectivity index (χ2v) is 8.80. The largest absolute Gasteiger partial charge is 0.320 e. The van der Waals surface area contributed by atoms with Gasteiger partial charge in [0.1, 0.15) is 6.17 Å². The van der Waals surface area contributed by atoms with Gasteiger partial charge in [0.15, 0.2) is 0 Å². The van der Waals surface area contributed by atoms with Crippen molar-refractivity contribution in [3.8, 4) is 0 Å². The van der Waals surface area contributed by atoms with Crippen LogP contribution in [-0.4, -0.2) is 23.4 Å². The number of hydrogen-bond donors (Lipinski definition) is 1. The minimum absolute atomic E-state index is 0.0141. The van der Waals surface area contributed by atoms with Crippen LogP contribution in [-0.2, 0) is 4.79 Å². The van der Waals surface area contributed by atoms with E-state index >= 15 is 0 Å². The van der Waals surface area contributed by atoms with E-state index in [0.717, 1.165) is 13.0 Å². The molecule has 0 aromatic carbocycles. The Hall–Kier alpha value is -0.870. The molecule has 1 amide bonds. The molecule has 1 aromatic rings. The lowest BCUT2D eigenvalue weighted by molar-refractivity contribution is -0.131. The maximum Gasteiger partial charge on any atom is 0.241 e. The number of nitrogens with zero attached hydrogens (tertiary/aromatic N) is 1. The Morgan fingerprint density at radius 1 is 1.43 bits per heavy atom. The third kappa shape index (κ3) is 3.16. The molecule has 2 fully saturated rings. The summed E-state index contributed by atoms with van der Waals surface area (Å²) in [6, 6.07) is 4.31. The Labute approximate surface area is 131 Å². The highest BCUT2D eigenvalue weighted by molar-refractivity contribution is 7.12. The molecule has 2 atom stereocenters. The van der Waals surface area contributed by atoms with Gasteiger partial charge in [0.25, 0.3) is 0 Å². The third-order valence-electron chi connectivity index (χ3n) is 4.65. The number of carbonyl (C=O) groups is 1. The van der Waals surface area contributed by atoms with Crippen LogP contribution >= 0.6 is 11.3 Å². The summed E-state index contributed by atoms with van der Waals surface area (Å²) in [5.74, 6) is 0.835. The third-order valence-corrected chi connectivity index (χ3v) is 5.70. The van der Waals surface area contributed by atoms with Crippen molar-refractivity contribution in [2.45, 2.75) is 59.2 Å². The molecule has 0 spiro atoms. The van der Waals surface area contributed by atoms with Crippen molar-refractivity contribution in [3.63, 3.8) is 0 Å². The number of amides is 1. The standard InChI is InChI=1S/C17H26N2OS/c1-11(2)9-13-16(20)19(10-17(4)7-8-17)15(18-13)14-6-5-12(3)21-14/h5-6,11,13,15,18H,7-10H2,1-4H3. The van der Waals surface area contributed by atoms with Gasteiger partial charge >= 0.3 is 0 Å². The fraction of sp³-hybridized carbons (Fsp3) is 0.706. The van der Waals surface area contributed by atoms with E-state index in [2.05, 4.69) is 50.0 Å². The number of carbonyl (C=O) groups excluding carboxylic acids is 1. The number of thiophene rings is 1. The summed E-state index contributed by atoms with van der Waals surface area (Å²) in [4.78, 5) is 17.5. The van der Waals surface area contributed by atoms with Crippen molar-refractivity contribution in [2.75, 3.05) is 6.54 Å². The van der Waals surface area contributed by atoms with Gasteiger partial charge in [0, 0.05) is 16.3 Å². The molecule has 1 saturated heterocycles. The molecule has 2 unspecified atom stereocenters. The molecule has 1 N–H and O–H groups in total. The minimum atomic E-state index is -0.0141. The van der Waals surface area contributed by atoms with Crippen molar-refractivity contribution in [1.82, 2.24) is 10.2 Å². The van der Waals surface area contributed by atoms with E-state index < -0.39 is 0 Å². The molecular formula is C17H26N2OS. The average Bonchev–Trinajstić information content (AvgIpc) is 2.85. The molecule has 116 valence electrons. The summed E-state index contributed by atoms with van der Waals surface area (Å²) in [6.07, 6.45) is 3.51. The minimum Gasteiger partial charge on any atom is -0.320 e. The van der Waals surface area contributed by atoms with Crippen LogP contribution in [0.3, 0.4) is 0 Å². The van der Waals surface area contributed by atoms with Crippen LogP contribution in [0.5, 0.6) is 0 Å². The van der Waals surface area contributed by atoms with Gasteiger partial charge in [-0.2, -0.15) is 0 Å². The van der Waals surface area contributed by atoms with Gasteiger partial charge in [0.05, 0.1) is 6.04 Å². The normalized spacial score (nSPS) is 27.7. The van der Waals surface area contributed by atoms with E-state index in [1.54, 1.807) is 11.3 Å². The van der Waals surface area contributed by atoms with Gasteiger partial charge < -0.3 is 4.90 Å². The molecule has 1 aliphatic carbocycles. The number of rotatable bonds is 5. The van der Waals surface area contributed by atoms with Gasteiger partial charge in [-0.25, -0.2) is 0 Å². The molecule has 1 aliphatic heterocycles. The zero-order chi connectivity index (χ0) is 15.2. The quantitative estimate of drug-likeness (QED) is 0.899. The molecule has 0 radical (unpaired) electrons. The van der Waals surface area contributed by atoms with Gasteiger partial charge in [0.2, 0.25) is 5.91 Å². The Morgan fingerprint density at radius 3 is 2.67 bits per heavy atom. The molecule has 0 bridgehead atoms. The lowest BCUT2D eigenvalue weighted by Crippen LogP contribution is -2.35. The smallest absolute Gasteiger partial charge is 0.241 e. The maximum atomic E-state index is 12.8. The number of aryl methyl sites for hydroxylation is 1. The van der Waals surface area contributed by atoms with Crippen LogP contribution < -0.4 is 5.32 Å². The van der Waals surface area contributed by atoms with Crippen LogP contribution in [0.1, 0.15) is 56.0 Å². The predicted octanol–water partition coefficient (Wildman–Crippen LogP) is 3.70. The fourth-order valence-corrected chi connectivity index (χ4v) is 4.06. The van der Waals surface area contributed by atoms with E-state index in [1.807, 2.05) is 0 Å². The zero-order valence-corrected chi connectivity index (χ0v) is 14.3. The van der Waals surface area contributed by atoms with Crippen LogP contribution in [0.2, 0.25) is 0 Å². The Kier molecular flexibility index (Phi) is 3.87. The summed E-state index contributed by atoms with van der Waals surface area (Å²) in [7, 11) is 0. The molecule has 1 aromatic heterocycles. The van der Waals surface area contributed by atoms with Crippen molar-refractivity contribution in [3.05, 3.63) is 21.9 Å². The molecule has 3 nitrogen and oxygen atoms in total. The molecule has 4 heteroatoms. The highest BCUT2D eigenvalue weighted by Gasteiger charge is 2.47. The van der Waals surface area contributed by atoms with Gasteiger partial charge in [-0.1, -0.05) is 20.8 Å². The molecule has 3 rings (SSSR count). The highest BCUT2D eigenvalue weighted by atomic mass is 32.1. The average molecular weight is 306 g/mol. The van der Waals surface area contributed by atoms with E-state index in [9.17, 15) is 4.79 Å². The Balaban J connectivity index is 1.82. The van der Waals surface area contributed by atoms with Gasteiger partial charge in [-0.15, -0.1) is 11.3 Å². The Morgan fingerprint density at radius 2 is 2.14 bits per heavy atom. The van der Waals surface area contributed by atoms with E-state index in [-0.39, 0.29) is 12.2 Å². The molecule has 2 heterocycles. The SMILES string of the molecule is Cc1ccc(C2NC(CC(C)C)C(=O)N2CC2(C)CC2)s1. The van der Waals surface area contributed by atoms with Gasteiger partial charge in [-0.3, -0.25) is 10.1 Å². The van der Waals surface area contributed by atoms with Crippen LogP contribution in [0, 0.1) is 18.3 Å². The first-order valence-electron chi connectivity index (χ1n) is 8.01. The van der Waals surface area contributed by atoms with E-state index in [4.69, 9.17) is 0 Å². The lowest BCUT2D eigenvalue weighted by atomic mass is 10.0. The zero-order valence-electron chi connectivity index (χ0n) is 13.5. The van der Waals surface area contributed by atoms with Crippen LogP contribution in [0.25, 0.3) is 0 Å². The van der Waals surface area contributed by atoms with Crippen LogP contribution in [0.15, 0.2) is 12.1 Å². The molecular weight excluding hydrogens is 280 g/mol. The second kappa shape index (κ2) is 5.40. The van der Waals surface area contributed by atoms with Crippen LogP contribution in [0.4, 0.5) is 0 Å². The summed E-state index contributed by atoms with van der Waals surface area (Å²) in [5, 5.41) is 3.59. The first-order valence-corrected chi connectivity index (χ1v) is 8.82. The monoisotopic (exact) mass is 306 g/mol.